The molecule has 1 aliphatic heterocycles. The van der Waals surface area contributed by atoms with Gasteiger partial charge in [0, 0.05) is 13.1 Å². The predicted octanol–water partition coefficient (Wildman–Crippen LogP) is -1.31. The average Bonchev–Trinajstić information content (AvgIpc) is 1.78. The van der Waals surface area contributed by atoms with Crippen molar-refractivity contribution in [1.82, 2.24) is 5.32 Å². The predicted molar refractivity (Wildman–Crippen MR) is 33.1 cm³/mol. The number of carboxylic acids is 1. The van der Waals surface area contributed by atoms with Gasteiger partial charge in [-0.05, 0) is 0 Å². The number of hydrogen-bond donors (Lipinski definition) is 3. The fraction of sp³-hybridized carbons (Fsp3) is 0.800. The summed E-state index contributed by atoms with van der Waals surface area (Å²) in [5.41, 5.74) is -0.647. The van der Waals surface area contributed by atoms with Gasteiger partial charge in [-0.25, -0.2) is 5.90 Å². The third-order valence-electron chi connectivity index (χ3n) is 1.62. The first-order valence-corrected chi connectivity index (χ1v) is 2.99. The first kappa shape index (κ1) is 7.46. The maximum Gasteiger partial charge on any atom is 0.306 e. The zero-order valence-electron chi connectivity index (χ0n) is 5.46. The van der Waals surface area contributed by atoms with Gasteiger partial charge in [-0.15, -0.1) is 0 Å². The monoisotopic (exact) mass is 146 g/mol. The van der Waals surface area contributed by atoms with Crippen molar-refractivity contribution in [3.63, 3.8) is 0 Å². The molecule has 1 aliphatic rings. The smallest absolute Gasteiger partial charge is 0.306 e. The molecule has 0 aromatic heterocycles. The zero-order chi connectivity index (χ0) is 7.61. The highest BCUT2D eigenvalue weighted by Gasteiger charge is 2.40. The van der Waals surface area contributed by atoms with E-state index >= 15 is 0 Å². The number of nitrogens with one attached hydrogen (secondary N) is 1. The van der Waals surface area contributed by atoms with Gasteiger partial charge in [0.2, 0.25) is 0 Å². The average molecular weight is 146 g/mol. The topological polar surface area (TPSA) is 84.6 Å². The molecule has 0 aromatic carbocycles. The van der Waals surface area contributed by atoms with Gasteiger partial charge in [0.1, 0.15) is 5.60 Å². The quantitative estimate of drug-likeness (QED) is 0.431. The van der Waals surface area contributed by atoms with Crippen molar-refractivity contribution in [2.75, 3.05) is 13.1 Å². The molecule has 0 aliphatic carbocycles. The standard InChI is InChI=1S/C5H10N2O3/c6-10-5(1-4(8)9)2-7-3-5/h7H,1-3,6H2,(H,8,9). The van der Waals surface area contributed by atoms with Crippen LogP contribution in [0.1, 0.15) is 6.42 Å². The summed E-state index contributed by atoms with van der Waals surface area (Å²) in [6.07, 6.45) is -0.0312. The van der Waals surface area contributed by atoms with Crippen molar-refractivity contribution in [3.05, 3.63) is 0 Å². The molecular formula is C5H10N2O3. The first-order valence-electron chi connectivity index (χ1n) is 2.99. The summed E-state index contributed by atoms with van der Waals surface area (Å²) < 4.78 is 0. The van der Waals surface area contributed by atoms with Crippen LogP contribution in [0.3, 0.4) is 0 Å². The minimum Gasteiger partial charge on any atom is -0.481 e. The molecule has 0 atom stereocenters. The molecule has 1 saturated heterocycles. The Morgan fingerprint density at radius 1 is 1.80 bits per heavy atom. The van der Waals surface area contributed by atoms with Crippen LogP contribution in [-0.2, 0) is 9.63 Å². The minimum atomic E-state index is -0.882. The summed E-state index contributed by atoms with van der Waals surface area (Å²) >= 11 is 0. The van der Waals surface area contributed by atoms with Crippen LogP contribution in [0.15, 0.2) is 0 Å². The molecular weight excluding hydrogens is 136 g/mol. The van der Waals surface area contributed by atoms with Crippen LogP contribution in [0, 0.1) is 0 Å². The largest absolute Gasteiger partial charge is 0.481 e. The first-order chi connectivity index (χ1) is 4.68. The van der Waals surface area contributed by atoms with E-state index in [-0.39, 0.29) is 6.42 Å². The lowest BCUT2D eigenvalue weighted by Crippen LogP contribution is -2.63. The molecule has 5 heteroatoms. The van der Waals surface area contributed by atoms with Gasteiger partial charge in [-0.1, -0.05) is 0 Å². The summed E-state index contributed by atoms with van der Waals surface area (Å²) in [6.45, 7) is 1.05. The summed E-state index contributed by atoms with van der Waals surface area (Å²) in [5, 5.41) is 11.3. The Labute approximate surface area is 58.1 Å². The van der Waals surface area contributed by atoms with E-state index < -0.39 is 11.6 Å². The van der Waals surface area contributed by atoms with Crippen molar-refractivity contribution in [1.29, 1.82) is 0 Å². The molecule has 0 unspecified atom stereocenters. The SMILES string of the molecule is NOC1(CC(=O)O)CNC1. The molecule has 0 amide bonds. The lowest BCUT2D eigenvalue weighted by Gasteiger charge is -2.38. The van der Waals surface area contributed by atoms with E-state index in [1.807, 2.05) is 0 Å². The van der Waals surface area contributed by atoms with Gasteiger partial charge < -0.3 is 10.4 Å². The second-order valence-electron chi connectivity index (χ2n) is 2.47. The molecule has 4 N–H and O–H groups in total. The van der Waals surface area contributed by atoms with E-state index in [9.17, 15) is 4.79 Å². The van der Waals surface area contributed by atoms with E-state index in [0.717, 1.165) is 0 Å². The van der Waals surface area contributed by atoms with Crippen LogP contribution in [0.25, 0.3) is 0 Å². The minimum absolute atomic E-state index is 0.0312. The molecule has 0 radical (unpaired) electrons. The summed E-state index contributed by atoms with van der Waals surface area (Å²) in [4.78, 5) is 14.7. The summed E-state index contributed by atoms with van der Waals surface area (Å²) in [5.74, 6) is 4.03. The Hall–Kier alpha value is -0.650. The second-order valence-corrected chi connectivity index (χ2v) is 2.47. The van der Waals surface area contributed by atoms with Crippen LogP contribution < -0.4 is 11.2 Å². The van der Waals surface area contributed by atoms with Crippen LogP contribution in [0.5, 0.6) is 0 Å². The van der Waals surface area contributed by atoms with Crippen molar-refractivity contribution < 1.29 is 14.7 Å². The molecule has 0 bridgehead atoms. The Bertz CT molecular complexity index is 138. The van der Waals surface area contributed by atoms with Gasteiger partial charge in [0.25, 0.3) is 0 Å². The third kappa shape index (κ3) is 1.26. The van der Waals surface area contributed by atoms with E-state index in [1.165, 1.54) is 0 Å². The Balaban J connectivity index is 2.40. The third-order valence-corrected chi connectivity index (χ3v) is 1.62. The van der Waals surface area contributed by atoms with Crippen LogP contribution in [0.4, 0.5) is 0 Å². The molecule has 5 nitrogen and oxygen atoms in total. The van der Waals surface area contributed by atoms with E-state index in [0.29, 0.717) is 13.1 Å². The lowest BCUT2D eigenvalue weighted by molar-refractivity contribution is -0.151. The van der Waals surface area contributed by atoms with Crippen molar-refractivity contribution in [3.8, 4) is 0 Å². The molecule has 1 fully saturated rings. The van der Waals surface area contributed by atoms with Crippen molar-refractivity contribution >= 4 is 5.97 Å². The number of carboxylic acid groups (broad SMARTS) is 1. The highest BCUT2D eigenvalue weighted by atomic mass is 16.6. The fourth-order valence-electron chi connectivity index (χ4n) is 0.929. The van der Waals surface area contributed by atoms with Gasteiger partial charge in [-0.3, -0.25) is 9.63 Å². The molecule has 0 spiro atoms. The molecule has 58 valence electrons. The lowest BCUT2D eigenvalue weighted by atomic mass is 9.93. The Morgan fingerprint density at radius 3 is 2.50 bits per heavy atom. The van der Waals surface area contributed by atoms with E-state index in [4.69, 9.17) is 11.0 Å². The Kier molecular flexibility index (Phi) is 1.89. The van der Waals surface area contributed by atoms with Crippen LogP contribution in [-0.4, -0.2) is 29.8 Å². The van der Waals surface area contributed by atoms with Gasteiger partial charge in [-0.2, -0.15) is 0 Å². The van der Waals surface area contributed by atoms with Gasteiger partial charge >= 0.3 is 5.97 Å². The summed E-state index contributed by atoms with van der Waals surface area (Å²) in [7, 11) is 0. The number of nitrogens with two attached hydrogens (primary N) is 1. The fourth-order valence-corrected chi connectivity index (χ4v) is 0.929. The van der Waals surface area contributed by atoms with Crippen LogP contribution in [0.2, 0.25) is 0 Å². The molecule has 1 heterocycles. The summed E-state index contributed by atoms with van der Waals surface area (Å²) in [6, 6.07) is 0. The number of hydrogen-bond acceptors (Lipinski definition) is 4. The number of aliphatic carboxylic acids is 1. The van der Waals surface area contributed by atoms with Crippen molar-refractivity contribution in [2.45, 2.75) is 12.0 Å². The normalized spacial score (nSPS) is 21.7. The van der Waals surface area contributed by atoms with Crippen LogP contribution >= 0.6 is 0 Å². The van der Waals surface area contributed by atoms with Gasteiger partial charge in [0.15, 0.2) is 0 Å². The molecule has 0 aromatic rings. The Morgan fingerprint density at radius 2 is 2.40 bits per heavy atom. The van der Waals surface area contributed by atoms with Crippen molar-refractivity contribution in [2.24, 2.45) is 5.90 Å². The molecule has 0 saturated carbocycles. The zero-order valence-corrected chi connectivity index (χ0v) is 5.46. The molecule has 10 heavy (non-hydrogen) atoms. The number of rotatable bonds is 3. The maximum absolute atomic E-state index is 10.2. The highest BCUT2D eigenvalue weighted by molar-refractivity contribution is 5.68. The van der Waals surface area contributed by atoms with E-state index in [1.54, 1.807) is 0 Å². The van der Waals surface area contributed by atoms with Gasteiger partial charge in [0.05, 0.1) is 6.42 Å². The highest BCUT2D eigenvalue weighted by Crippen LogP contribution is 2.18. The van der Waals surface area contributed by atoms with E-state index in [2.05, 4.69) is 10.2 Å². The maximum atomic E-state index is 10.2. The molecule has 1 rings (SSSR count). The second kappa shape index (κ2) is 2.53. The number of carbonyl (C=O) groups is 1.